The van der Waals surface area contributed by atoms with E-state index in [2.05, 4.69) is 64.1 Å². The summed E-state index contributed by atoms with van der Waals surface area (Å²) in [6.07, 6.45) is 0. The first kappa shape index (κ1) is 16.0. The standard InChI is InChI=1S/C13H26ClI/c1-9(2)11(4)12(8-15)13(5,6)10(3)7-14/h9-12H,7-8H2,1-6H3. The minimum absolute atomic E-state index is 0.340. The Hall–Kier alpha value is 1.02. The molecule has 0 rings (SSSR count). The lowest BCUT2D eigenvalue weighted by molar-refractivity contribution is 0.0924. The number of halogens is 2. The third-order valence-corrected chi connectivity index (χ3v) is 5.72. The third kappa shape index (κ3) is 4.07. The van der Waals surface area contributed by atoms with Crippen LogP contribution in [-0.4, -0.2) is 10.3 Å². The molecule has 15 heavy (non-hydrogen) atoms. The molecular weight excluding hydrogens is 318 g/mol. The number of hydrogen-bond acceptors (Lipinski definition) is 0. The van der Waals surface area contributed by atoms with Gasteiger partial charge in [0.15, 0.2) is 0 Å². The average molecular weight is 345 g/mol. The summed E-state index contributed by atoms with van der Waals surface area (Å²) in [6, 6.07) is 0. The summed E-state index contributed by atoms with van der Waals surface area (Å²) in [6.45, 7) is 14.1. The van der Waals surface area contributed by atoms with Gasteiger partial charge in [0.25, 0.3) is 0 Å². The number of hydrogen-bond donors (Lipinski definition) is 0. The summed E-state index contributed by atoms with van der Waals surface area (Å²) in [7, 11) is 0. The maximum atomic E-state index is 6.02. The molecule has 0 bridgehead atoms. The van der Waals surface area contributed by atoms with E-state index in [4.69, 9.17) is 11.6 Å². The zero-order valence-electron chi connectivity index (χ0n) is 11.0. The molecule has 0 aromatic rings. The summed E-state index contributed by atoms with van der Waals surface area (Å²) in [5.74, 6) is 3.63. The summed E-state index contributed by atoms with van der Waals surface area (Å²) >= 11 is 8.55. The predicted molar refractivity (Wildman–Crippen MR) is 80.0 cm³/mol. The van der Waals surface area contributed by atoms with Crippen LogP contribution < -0.4 is 0 Å². The summed E-state index contributed by atoms with van der Waals surface area (Å²) in [5, 5.41) is 0. The zero-order valence-corrected chi connectivity index (χ0v) is 13.9. The lowest BCUT2D eigenvalue weighted by Gasteiger charge is -2.42. The van der Waals surface area contributed by atoms with E-state index in [0.29, 0.717) is 11.3 Å². The van der Waals surface area contributed by atoms with Crippen molar-refractivity contribution >= 4 is 34.2 Å². The minimum atomic E-state index is 0.340. The SMILES string of the molecule is CC(C)C(C)C(CI)C(C)(C)C(C)CCl. The number of alkyl halides is 2. The Bertz CT molecular complexity index is 177. The van der Waals surface area contributed by atoms with Gasteiger partial charge in [-0.15, -0.1) is 11.6 Å². The van der Waals surface area contributed by atoms with Gasteiger partial charge in [-0.3, -0.25) is 0 Å². The van der Waals surface area contributed by atoms with Crippen LogP contribution in [0.3, 0.4) is 0 Å². The summed E-state index contributed by atoms with van der Waals surface area (Å²) in [5.41, 5.74) is 0.340. The molecule has 0 heterocycles. The van der Waals surface area contributed by atoms with Gasteiger partial charge in [0.1, 0.15) is 0 Å². The van der Waals surface area contributed by atoms with E-state index in [-0.39, 0.29) is 0 Å². The van der Waals surface area contributed by atoms with E-state index < -0.39 is 0 Å². The molecule has 0 saturated heterocycles. The molecule has 3 unspecified atom stereocenters. The molecule has 0 aromatic heterocycles. The van der Waals surface area contributed by atoms with E-state index in [1.54, 1.807) is 0 Å². The van der Waals surface area contributed by atoms with Gasteiger partial charge < -0.3 is 0 Å². The van der Waals surface area contributed by atoms with Gasteiger partial charge in [-0.25, -0.2) is 0 Å². The van der Waals surface area contributed by atoms with Crippen molar-refractivity contribution < 1.29 is 0 Å². The molecule has 0 aromatic carbocycles. The quantitative estimate of drug-likeness (QED) is 0.457. The van der Waals surface area contributed by atoms with Crippen LogP contribution >= 0.6 is 34.2 Å². The molecular formula is C13H26ClI. The van der Waals surface area contributed by atoms with Gasteiger partial charge in [0, 0.05) is 10.3 Å². The van der Waals surface area contributed by atoms with Crippen molar-refractivity contribution in [2.45, 2.75) is 41.5 Å². The van der Waals surface area contributed by atoms with Crippen LogP contribution in [0.4, 0.5) is 0 Å². The second kappa shape index (κ2) is 6.68. The fourth-order valence-corrected chi connectivity index (χ4v) is 4.38. The largest absolute Gasteiger partial charge is 0.126 e. The Morgan fingerprint density at radius 1 is 1.13 bits per heavy atom. The van der Waals surface area contributed by atoms with E-state index in [9.17, 15) is 0 Å². The maximum absolute atomic E-state index is 6.02. The molecule has 0 N–H and O–H groups in total. The Labute approximate surface area is 115 Å². The Morgan fingerprint density at radius 2 is 1.60 bits per heavy atom. The van der Waals surface area contributed by atoms with Crippen molar-refractivity contribution in [3.63, 3.8) is 0 Å². The molecule has 0 aliphatic rings. The molecule has 3 atom stereocenters. The topological polar surface area (TPSA) is 0 Å². The van der Waals surface area contributed by atoms with Crippen molar-refractivity contribution in [3.05, 3.63) is 0 Å². The van der Waals surface area contributed by atoms with Gasteiger partial charge in [-0.2, -0.15) is 0 Å². The second-order valence-electron chi connectivity index (χ2n) is 5.74. The van der Waals surface area contributed by atoms with Crippen LogP contribution in [0.1, 0.15) is 41.5 Å². The van der Waals surface area contributed by atoms with Crippen LogP contribution in [0.2, 0.25) is 0 Å². The first-order valence-electron chi connectivity index (χ1n) is 5.90. The van der Waals surface area contributed by atoms with Crippen LogP contribution in [0.15, 0.2) is 0 Å². The molecule has 0 aliphatic heterocycles. The molecule has 0 spiro atoms. The molecule has 2 heteroatoms. The number of rotatable bonds is 6. The Kier molecular flexibility index (Phi) is 7.14. The fraction of sp³-hybridized carbons (Fsp3) is 1.00. The molecule has 0 aliphatic carbocycles. The van der Waals surface area contributed by atoms with Gasteiger partial charge in [-0.05, 0) is 29.1 Å². The fourth-order valence-electron chi connectivity index (χ4n) is 2.05. The molecule has 0 saturated carbocycles. The predicted octanol–water partition coefficient (Wildman–Crippen LogP) is 5.23. The smallest absolute Gasteiger partial charge is 0.0254 e. The van der Waals surface area contributed by atoms with Crippen molar-refractivity contribution in [1.82, 2.24) is 0 Å². The van der Waals surface area contributed by atoms with Gasteiger partial charge in [-0.1, -0.05) is 64.1 Å². The van der Waals surface area contributed by atoms with Crippen molar-refractivity contribution in [3.8, 4) is 0 Å². The Balaban J connectivity index is 4.78. The molecule has 0 nitrogen and oxygen atoms in total. The molecule has 0 fully saturated rings. The van der Waals surface area contributed by atoms with Gasteiger partial charge >= 0.3 is 0 Å². The highest BCUT2D eigenvalue weighted by atomic mass is 127. The Morgan fingerprint density at radius 3 is 1.87 bits per heavy atom. The summed E-state index contributed by atoms with van der Waals surface area (Å²) in [4.78, 5) is 0. The normalized spacial score (nSPS) is 19.0. The molecule has 0 radical (unpaired) electrons. The lowest BCUT2D eigenvalue weighted by Crippen LogP contribution is -2.38. The average Bonchev–Trinajstić information content (AvgIpc) is 2.16. The maximum Gasteiger partial charge on any atom is 0.0254 e. The minimum Gasteiger partial charge on any atom is -0.126 e. The van der Waals surface area contributed by atoms with E-state index in [1.807, 2.05) is 0 Å². The highest BCUT2D eigenvalue weighted by molar-refractivity contribution is 14.1. The summed E-state index contributed by atoms with van der Waals surface area (Å²) < 4.78 is 1.23. The molecule has 0 amide bonds. The highest BCUT2D eigenvalue weighted by Gasteiger charge is 2.37. The van der Waals surface area contributed by atoms with Crippen LogP contribution in [-0.2, 0) is 0 Å². The van der Waals surface area contributed by atoms with E-state index in [1.165, 1.54) is 4.43 Å². The van der Waals surface area contributed by atoms with Crippen molar-refractivity contribution in [2.75, 3.05) is 10.3 Å². The van der Waals surface area contributed by atoms with E-state index >= 15 is 0 Å². The van der Waals surface area contributed by atoms with Crippen LogP contribution in [0.25, 0.3) is 0 Å². The second-order valence-corrected chi connectivity index (χ2v) is 6.93. The van der Waals surface area contributed by atoms with Crippen LogP contribution in [0, 0.1) is 29.1 Å². The van der Waals surface area contributed by atoms with Gasteiger partial charge in [0.05, 0.1) is 0 Å². The first-order valence-corrected chi connectivity index (χ1v) is 7.96. The first-order chi connectivity index (χ1) is 6.78. The monoisotopic (exact) mass is 344 g/mol. The van der Waals surface area contributed by atoms with Crippen molar-refractivity contribution in [1.29, 1.82) is 0 Å². The highest BCUT2D eigenvalue weighted by Crippen LogP contribution is 2.43. The molecule has 92 valence electrons. The lowest BCUT2D eigenvalue weighted by atomic mass is 9.65. The third-order valence-electron chi connectivity index (χ3n) is 4.31. The van der Waals surface area contributed by atoms with Gasteiger partial charge in [0.2, 0.25) is 0 Å². The van der Waals surface area contributed by atoms with Crippen LogP contribution in [0.5, 0.6) is 0 Å². The zero-order chi connectivity index (χ0) is 12.2. The van der Waals surface area contributed by atoms with E-state index in [0.717, 1.165) is 23.6 Å². The van der Waals surface area contributed by atoms with Crippen molar-refractivity contribution in [2.24, 2.45) is 29.1 Å².